The lowest BCUT2D eigenvalue weighted by Gasteiger charge is -2.23. The van der Waals surface area contributed by atoms with Crippen LogP contribution in [-0.4, -0.2) is 30.2 Å². The molecule has 0 fully saturated rings. The van der Waals surface area contributed by atoms with E-state index in [4.69, 9.17) is 4.74 Å². The van der Waals surface area contributed by atoms with Crippen molar-refractivity contribution in [1.29, 1.82) is 0 Å². The Bertz CT molecular complexity index is 993. The minimum Gasteiger partial charge on any atom is -0.497 e. The van der Waals surface area contributed by atoms with Gasteiger partial charge >= 0.3 is 0 Å². The summed E-state index contributed by atoms with van der Waals surface area (Å²) in [7, 11) is 3.74. The van der Waals surface area contributed by atoms with Gasteiger partial charge in [0.05, 0.1) is 12.6 Å². The lowest BCUT2D eigenvalue weighted by atomic mass is 10.1. The maximum Gasteiger partial charge on any atom is 0.123 e. The predicted octanol–water partition coefficient (Wildman–Crippen LogP) is 3.63. The molecule has 0 N–H and O–H groups in total. The van der Waals surface area contributed by atoms with Gasteiger partial charge in [-0.15, -0.1) is 0 Å². The number of nitrogens with zero attached hydrogens (tertiary/aromatic N) is 2. The molecule has 2 aromatic carbocycles. The molecule has 0 aliphatic carbocycles. The smallest absolute Gasteiger partial charge is 0.123 e. The molecule has 0 saturated heterocycles. The van der Waals surface area contributed by atoms with E-state index in [1.807, 2.05) is 34.9 Å². The van der Waals surface area contributed by atoms with Gasteiger partial charge in [-0.1, -0.05) is 0 Å². The van der Waals surface area contributed by atoms with Gasteiger partial charge < -0.3 is 9.64 Å². The second-order valence-corrected chi connectivity index (χ2v) is 6.38. The number of rotatable bonds is 1. The van der Waals surface area contributed by atoms with Crippen LogP contribution in [0.2, 0.25) is 0 Å². The average molecular weight is 334 g/mol. The van der Waals surface area contributed by atoms with E-state index in [-0.39, 0.29) is 5.82 Å². The Morgan fingerprint density at radius 3 is 2.68 bits per heavy atom. The van der Waals surface area contributed by atoms with Crippen molar-refractivity contribution < 1.29 is 9.13 Å². The molecule has 4 heteroatoms. The summed E-state index contributed by atoms with van der Waals surface area (Å²) in [6.45, 7) is 1.81. The molecule has 126 valence electrons. The Morgan fingerprint density at radius 1 is 1.12 bits per heavy atom. The molecule has 4 rings (SSSR count). The molecule has 1 aliphatic heterocycles. The first-order valence-electron chi connectivity index (χ1n) is 8.32. The number of aromatic nitrogens is 1. The SMILES string of the molecule is COc1ccc(C#Cn2c3c(c4cc(F)ccc42)CN(C)CC3)cc1. The molecule has 0 spiro atoms. The highest BCUT2D eigenvalue weighted by molar-refractivity contribution is 5.87. The molecule has 25 heavy (non-hydrogen) atoms. The second kappa shape index (κ2) is 6.27. The summed E-state index contributed by atoms with van der Waals surface area (Å²) in [6, 6.07) is 15.9. The van der Waals surface area contributed by atoms with Gasteiger partial charge in [-0.25, -0.2) is 4.39 Å². The van der Waals surface area contributed by atoms with Gasteiger partial charge in [-0.2, -0.15) is 0 Å². The third-order valence-corrected chi connectivity index (χ3v) is 4.70. The van der Waals surface area contributed by atoms with Crippen molar-refractivity contribution in [2.75, 3.05) is 20.7 Å². The first kappa shape index (κ1) is 15.7. The highest BCUT2D eigenvalue weighted by atomic mass is 19.1. The van der Waals surface area contributed by atoms with E-state index in [9.17, 15) is 4.39 Å². The van der Waals surface area contributed by atoms with Crippen molar-refractivity contribution in [2.45, 2.75) is 13.0 Å². The number of methoxy groups -OCH3 is 1. The largest absolute Gasteiger partial charge is 0.497 e. The van der Waals surface area contributed by atoms with E-state index in [0.29, 0.717) is 0 Å². The molecule has 0 radical (unpaired) electrons. The zero-order valence-electron chi connectivity index (χ0n) is 14.3. The normalized spacial score (nSPS) is 14.0. The van der Waals surface area contributed by atoms with Crippen molar-refractivity contribution in [1.82, 2.24) is 9.47 Å². The van der Waals surface area contributed by atoms with Crippen LogP contribution in [0.3, 0.4) is 0 Å². The van der Waals surface area contributed by atoms with E-state index in [0.717, 1.165) is 41.7 Å². The lowest BCUT2D eigenvalue weighted by molar-refractivity contribution is 0.311. The first-order chi connectivity index (χ1) is 12.2. The Balaban J connectivity index is 1.83. The summed E-state index contributed by atoms with van der Waals surface area (Å²) in [5.74, 6) is 3.82. The molecule has 1 aliphatic rings. The Hall–Kier alpha value is -2.77. The fourth-order valence-electron chi connectivity index (χ4n) is 3.39. The van der Waals surface area contributed by atoms with Gasteiger partial charge in [-0.05, 0) is 61.0 Å². The van der Waals surface area contributed by atoms with E-state index in [2.05, 4.69) is 23.9 Å². The van der Waals surface area contributed by atoms with Gasteiger partial charge in [0.25, 0.3) is 0 Å². The Morgan fingerprint density at radius 2 is 1.92 bits per heavy atom. The monoisotopic (exact) mass is 334 g/mol. The van der Waals surface area contributed by atoms with Gasteiger partial charge in [-0.3, -0.25) is 4.57 Å². The zero-order valence-corrected chi connectivity index (χ0v) is 14.3. The minimum absolute atomic E-state index is 0.205. The maximum absolute atomic E-state index is 13.8. The lowest BCUT2D eigenvalue weighted by Crippen LogP contribution is -2.27. The molecule has 3 aromatic rings. The quantitative estimate of drug-likeness (QED) is 0.632. The molecule has 2 heterocycles. The molecule has 0 bridgehead atoms. The summed E-state index contributed by atoms with van der Waals surface area (Å²) < 4.78 is 21.0. The van der Waals surface area contributed by atoms with Crippen molar-refractivity contribution in [2.24, 2.45) is 0 Å². The van der Waals surface area contributed by atoms with Gasteiger partial charge in [0.15, 0.2) is 0 Å². The molecule has 3 nitrogen and oxygen atoms in total. The van der Waals surface area contributed by atoms with Gasteiger partial charge in [0, 0.05) is 42.2 Å². The summed E-state index contributed by atoms with van der Waals surface area (Å²) >= 11 is 0. The molecule has 0 saturated carbocycles. The number of hydrogen-bond donors (Lipinski definition) is 0. The number of benzene rings is 2. The molecular weight excluding hydrogens is 315 g/mol. The number of halogens is 1. The van der Waals surface area contributed by atoms with Crippen LogP contribution in [0.4, 0.5) is 4.39 Å². The third-order valence-electron chi connectivity index (χ3n) is 4.70. The molecule has 0 amide bonds. The fraction of sp³-hybridized carbons (Fsp3) is 0.238. The van der Waals surface area contributed by atoms with Crippen LogP contribution < -0.4 is 4.74 Å². The maximum atomic E-state index is 13.8. The van der Waals surface area contributed by atoms with Crippen LogP contribution in [0.15, 0.2) is 42.5 Å². The van der Waals surface area contributed by atoms with Crippen molar-refractivity contribution in [3.63, 3.8) is 0 Å². The Labute approximate surface area is 146 Å². The average Bonchev–Trinajstić information content (AvgIpc) is 2.92. The molecular formula is C21H19FN2O. The second-order valence-electron chi connectivity index (χ2n) is 6.38. The molecule has 1 aromatic heterocycles. The summed E-state index contributed by atoms with van der Waals surface area (Å²) in [5, 5.41) is 0.964. The highest BCUT2D eigenvalue weighted by Crippen LogP contribution is 2.30. The molecule has 0 atom stereocenters. The summed E-state index contributed by atoms with van der Waals surface area (Å²) in [5.41, 5.74) is 4.28. The van der Waals surface area contributed by atoms with Crippen molar-refractivity contribution in [3.8, 4) is 17.7 Å². The van der Waals surface area contributed by atoms with Crippen LogP contribution >= 0.6 is 0 Å². The topological polar surface area (TPSA) is 17.4 Å². The van der Waals surface area contributed by atoms with Crippen LogP contribution in [-0.2, 0) is 13.0 Å². The summed E-state index contributed by atoms with van der Waals surface area (Å²) in [6.07, 6.45) is 0.916. The standard InChI is InChI=1S/C21H19FN2O/c1-23-11-10-21-19(14-23)18-13-16(22)5-8-20(18)24(21)12-9-15-3-6-17(25-2)7-4-15/h3-8,13H,10-11,14H2,1-2H3. The van der Waals surface area contributed by atoms with Crippen molar-refractivity contribution in [3.05, 3.63) is 65.1 Å². The van der Waals surface area contributed by atoms with Crippen LogP contribution in [0, 0.1) is 17.8 Å². The molecule has 0 unspecified atom stereocenters. The van der Waals surface area contributed by atoms with E-state index < -0.39 is 0 Å². The summed E-state index contributed by atoms with van der Waals surface area (Å²) in [4.78, 5) is 2.26. The zero-order chi connectivity index (χ0) is 17.4. The number of fused-ring (bicyclic) bond motifs is 3. The van der Waals surface area contributed by atoms with Crippen LogP contribution in [0.1, 0.15) is 16.8 Å². The van der Waals surface area contributed by atoms with Gasteiger partial charge in [0.2, 0.25) is 0 Å². The van der Waals surface area contributed by atoms with Crippen LogP contribution in [0.5, 0.6) is 5.75 Å². The minimum atomic E-state index is -0.205. The number of likely N-dealkylation sites (N-methyl/N-ethyl adjacent to an activating group) is 1. The third kappa shape index (κ3) is 2.88. The van der Waals surface area contributed by atoms with E-state index in [1.54, 1.807) is 13.2 Å². The van der Waals surface area contributed by atoms with Gasteiger partial charge in [0.1, 0.15) is 11.6 Å². The van der Waals surface area contributed by atoms with E-state index in [1.165, 1.54) is 17.3 Å². The fourth-order valence-corrected chi connectivity index (χ4v) is 3.39. The predicted molar refractivity (Wildman–Crippen MR) is 97.2 cm³/mol. The number of ether oxygens (including phenoxy) is 1. The number of hydrogen-bond acceptors (Lipinski definition) is 2. The van der Waals surface area contributed by atoms with Crippen molar-refractivity contribution >= 4 is 10.9 Å². The van der Waals surface area contributed by atoms with Crippen LogP contribution in [0.25, 0.3) is 10.9 Å². The van der Waals surface area contributed by atoms with E-state index >= 15 is 0 Å². The highest BCUT2D eigenvalue weighted by Gasteiger charge is 2.22. The Kier molecular flexibility index (Phi) is 3.95. The first-order valence-corrected chi connectivity index (χ1v) is 8.32.